The van der Waals surface area contributed by atoms with Crippen molar-refractivity contribution in [3.63, 3.8) is 0 Å². The Morgan fingerprint density at radius 2 is 1.64 bits per heavy atom. The molecule has 2 N–H and O–H groups in total. The van der Waals surface area contributed by atoms with E-state index in [9.17, 15) is 18.0 Å². The summed E-state index contributed by atoms with van der Waals surface area (Å²) in [5.74, 6) is -0.294. The lowest BCUT2D eigenvalue weighted by atomic mass is 10.1. The van der Waals surface area contributed by atoms with Gasteiger partial charge in [0.1, 0.15) is 0 Å². The first-order valence-corrected chi connectivity index (χ1v) is 12.0. The number of hydrogen-bond donors (Lipinski definition) is 2. The highest BCUT2D eigenvalue weighted by Gasteiger charge is 2.25. The lowest BCUT2D eigenvalue weighted by molar-refractivity contribution is -0.120. The summed E-state index contributed by atoms with van der Waals surface area (Å²) in [6.07, 6.45) is -0.00747. The van der Waals surface area contributed by atoms with E-state index in [4.69, 9.17) is 0 Å². The molecule has 2 aromatic carbocycles. The third kappa shape index (κ3) is 4.21. The zero-order chi connectivity index (χ0) is 23.8. The van der Waals surface area contributed by atoms with Gasteiger partial charge in [0, 0.05) is 28.9 Å². The Bertz CT molecular complexity index is 1520. The lowest BCUT2D eigenvalue weighted by Crippen LogP contribution is -2.29. The van der Waals surface area contributed by atoms with Crippen LogP contribution in [-0.2, 0) is 27.8 Å². The monoisotopic (exact) mass is 463 g/mol. The van der Waals surface area contributed by atoms with Gasteiger partial charge in [-0.2, -0.15) is 0 Å². The van der Waals surface area contributed by atoms with E-state index < -0.39 is 10.0 Å². The first-order valence-electron chi connectivity index (χ1n) is 10.6. The van der Waals surface area contributed by atoms with Crippen LogP contribution in [0.4, 0.5) is 0 Å². The zero-order valence-electron chi connectivity index (χ0n) is 18.7. The molecule has 0 unspecified atom stereocenters. The number of aromatic nitrogens is 2. The molecule has 0 spiro atoms. The van der Waals surface area contributed by atoms with E-state index >= 15 is 0 Å². The molecule has 2 heterocycles. The molecule has 4 aromatic rings. The highest BCUT2D eigenvalue weighted by molar-refractivity contribution is 7.90. The van der Waals surface area contributed by atoms with E-state index in [0.717, 1.165) is 11.3 Å². The highest BCUT2D eigenvalue weighted by atomic mass is 32.2. The van der Waals surface area contributed by atoms with Gasteiger partial charge in [-0.15, -0.1) is 0 Å². The summed E-state index contributed by atoms with van der Waals surface area (Å²) < 4.78 is 28.1. The van der Waals surface area contributed by atoms with Crippen molar-refractivity contribution in [2.24, 2.45) is 0 Å². The summed E-state index contributed by atoms with van der Waals surface area (Å²) in [4.78, 5) is 28.0. The molecule has 0 bridgehead atoms. The number of hydrogen-bond acceptors (Lipinski definition) is 4. The molecule has 0 aliphatic heterocycles. The summed E-state index contributed by atoms with van der Waals surface area (Å²) in [6, 6.07) is 17.2. The summed E-state index contributed by atoms with van der Waals surface area (Å²) in [6.45, 7) is 5.44. The second-order valence-electron chi connectivity index (χ2n) is 8.06. The Balaban J connectivity index is 1.68. The summed E-state index contributed by atoms with van der Waals surface area (Å²) in [5, 5.41) is 3.51. The quantitative estimate of drug-likeness (QED) is 0.458. The lowest BCUT2D eigenvalue weighted by Gasteiger charge is -2.11. The number of benzene rings is 2. The van der Waals surface area contributed by atoms with Crippen molar-refractivity contribution in [2.45, 2.75) is 38.6 Å². The molecule has 0 saturated carbocycles. The molecule has 0 aliphatic rings. The topological polar surface area (TPSA) is 101 Å². The molecular weight excluding hydrogens is 438 g/mol. The third-order valence-electron chi connectivity index (χ3n) is 5.76. The minimum absolute atomic E-state index is 0.00747. The van der Waals surface area contributed by atoms with Gasteiger partial charge in [0.05, 0.1) is 16.8 Å². The van der Waals surface area contributed by atoms with E-state index in [0.29, 0.717) is 27.7 Å². The summed E-state index contributed by atoms with van der Waals surface area (Å²) in [5.41, 5.74) is 3.48. The van der Waals surface area contributed by atoms with Gasteiger partial charge in [-0.05, 0) is 56.2 Å². The van der Waals surface area contributed by atoms with Crippen LogP contribution in [0.5, 0.6) is 0 Å². The maximum atomic E-state index is 13.4. The predicted molar refractivity (Wildman–Crippen MR) is 128 cm³/mol. The Labute approximate surface area is 192 Å². The normalized spacial score (nSPS) is 11.6. The van der Waals surface area contributed by atoms with E-state index in [-0.39, 0.29) is 29.3 Å². The molecule has 0 fully saturated rings. The van der Waals surface area contributed by atoms with E-state index in [1.807, 2.05) is 25.1 Å². The molecular formula is C25H25N3O4S. The smallest absolute Gasteiger partial charge is 0.268 e. The van der Waals surface area contributed by atoms with Crippen LogP contribution in [-0.4, -0.2) is 23.3 Å². The van der Waals surface area contributed by atoms with E-state index in [1.165, 1.54) is 3.97 Å². The fourth-order valence-electron chi connectivity index (χ4n) is 4.15. The molecule has 0 saturated heterocycles. The van der Waals surface area contributed by atoms with Crippen molar-refractivity contribution in [1.82, 2.24) is 14.3 Å². The number of pyridine rings is 1. The Morgan fingerprint density at radius 1 is 0.970 bits per heavy atom. The van der Waals surface area contributed by atoms with Crippen LogP contribution < -0.4 is 10.9 Å². The molecule has 0 radical (unpaired) electrons. The SMILES string of the molecule is Cc1cc(C)c(CNC(=O)Cc2c(C)n(S(=O)(=O)c3ccccc3)c3ccccc23)c(=O)[nH]1. The second-order valence-corrected chi connectivity index (χ2v) is 9.85. The van der Waals surface area contributed by atoms with Crippen LogP contribution in [0.3, 0.4) is 0 Å². The fourth-order valence-corrected chi connectivity index (χ4v) is 5.75. The largest absolute Gasteiger partial charge is 0.352 e. The van der Waals surface area contributed by atoms with Gasteiger partial charge in [-0.1, -0.05) is 36.4 Å². The van der Waals surface area contributed by atoms with Gasteiger partial charge in [-0.3, -0.25) is 9.59 Å². The first kappa shape index (κ1) is 22.5. The third-order valence-corrected chi connectivity index (χ3v) is 7.58. The Morgan fingerprint density at radius 3 is 2.33 bits per heavy atom. The van der Waals surface area contributed by atoms with E-state index in [2.05, 4.69) is 10.3 Å². The van der Waals surface area contributed by atoms with Crippen molar-refractivity contribution in [3.05, 3.63) is 99.1 Å². The molecule has 0 aliphatic carbocycles. The summed E-state index contributed by atoms with van der Waals surface area (Å²) >= 11 is 0. The number of aromatic amines is 1. The number of carbonyl (C=O) groups is 1. The van der Waals surface area contributed by atoms with Crippen LogP contribution >= 0.6 is 0 Å². The van der Waals surface area contributed by atoms with Crippen LogP contribution in [0.15, 0.2) is 70.4 Å². The molecule has 33 heavy (non-hydrogen) atoms. The van der Waals surface area contributed by atoms with Crippen LogP contribution in [0.2, 0.25) is 0 Å². The first-order chi connectivity index (χ1) is 15.7. The van der Waals surface area contributed by atoms with Gasteiger partial charge in [0.15, 0.2) is 0 Å². The fraction of sp³-hybridized carbons (Fsp3) is 0.200. The zero-order valence-corrected chi connectivity index (χ0v) is 19.5. The van der Waals surface area contributed by atoms with Crippen LogP contribution in [0, 0.1) is 20.8 Å². The van der Waals surface area contributed by atoms with Gasteiger partial charge < -0.3 is 10.3 Å². The molecule has 8 heteroatoms. The summed E-state index contributed by atoms with van der Waals surface area (Å²) in [7, 11) is -3.84. The van der Waals surface area contributed by atoms with Crippen molar-refractivity contribution in [1.29, 1.82) is 0 Å². The maximum absolute atomic E-state index is 13.4. The predicted octanol–water partition coefficient (Wildman–Crippen LogP) is 3.35. The molecule has 0 atom stereocenters. The van der Waals surface area contributed by atoms with Crippen LogP contribution in [0.1, 0.15) is 28.1 Å². The van der Waals surface area contributed by atoms with Crippen molar-refractivity contribution < 1.29 is 13.2 Å². The standard InChI is InChI=1S/C25H25N3O4S/c1-16-13-17(2)27-25(30)22(16)15-26-24(29)14-21-18(3)28(23-12-8-7-11-20(21)23)33(31,32)19-9-5-4-6-10-19/h4-13H,14-15H2,1-3H3,(H,26,29)(H,27,30). The number of para-hydroxylation sites is 1. The number of rotatable bonds is 6. The van der Waals surface area contributed by atoms with Crippen molar-refractivity contribution >= 4 is 26.8 Å². The highest BCUT2D eigenvalue weighted by Crippen LogP contribution is 2.30. The Hall–Kier alpha value is -3.65. The molecule has 4 rings (SSSR count). The Kier molecular flexibility index (Phi) is 5.95. The molecule has 2 aromatic heterocycles. The minimum Gasteiger partial charge on any atom is -0.352 e. The second kappa shape index (κ2) is 8.71. The maximum Gasteiger partial charge on any atom is 0.268 e. The van der Waals surface area contributed by atoms with Crippen LogP contribution in [0.25, 0.3) is 10.9 Å². The minimum atomic E-state index is -3.84. The van der Waals surface area contributed by atoms with Gasteiger partial charge in [-0.25, -0.2) is 12.4 Å². The average Bonchev–Trinajstić information content (AvgIpc) is 3.05. The number of nitrogens with one attached hydrogen (secondary N) is 2. The van der Waals surface area contributed by atoms with Crippen molar-refractivity contribution in [2.75, 3.05) is 0 Å². The van der Waals surface area contributed by atoms with E-state index in [1.54, 1.807) is 56.3 Å². The number of aryl methyl sites for hydroxylation is 2. The number of fused-ring (bicyclic) bond motifs is 1. The number of nitrogens with zero attached hydrogens (tertiary/aromatic N) is 1. The number of H-pyrrole nitrogens is 1. The number of carbonyl (C=O) groups excluding carboxylic acids is 1. The number of amides is 1. The average molecular weight is 464 g/mol. The molecule has 7 nitrogen and oxygen atoms in total. The molecule has 170 valence electrons. The van der Waals surface area contributed by atoms with Gasteiger partial charge >= 0.3 is 0 Å². The van der Waals surface area contributed by atoms with Crippen molar-refractivity contribution in [3.8, 4) is 0 Å². The molecule has 1 amide bonds. The van der Waals surface area contributed by atoms with Gasteiger partial charge in [0.2, 0.25) is 5.91 Å². The van der Waals surface area contributed by atoms with Gasteiger partial charge in [0.25, 0.3) is 15.6 Å².